The van der Waals surface area contributed by atoms with Gasteiger partial charge in [0.1, 0.15) is 0 Å². The third-order valence-electron chi connectivity index (χ3n) is 3.24. The summed E-state index contributed by atoms with van der Waals surface area (Å²) in [6.45, 7) is 5.25. The Kier molecular flexibility index (Phi) is 15.9. The Morgan fingerprint density at radius 2 is 1.35 bits per heavy atom. The lowest BCUT2D eigenvalue weighted by Crippen LogP contribution is -2.16. The fourth-order valence-corrected chi connectivity index (χ4v) is 1.92. The van der Waals surface area contributed by atoms with Gasteiger partial charge in [0, 0.05) is 26.7 Å². The van der Waals surface area contributed by atoms with Crippen LogP contribution in [-0.4, -0.2) is 39.4 Å². The first kappa shape index (κ1) is 19.4. The number of hydrogen-bond donors (Lipinski definition) is 1. The van der Waals surface area contributed by atoms with Gasteiger partial charge in [-0.3, -0.25) is 4.79 Å². The molecule has 0 saturated carbocycles. The number of hydrogen-bond acceptors (Lipinski definition) is 3. The van der Waals surface area contributed by atoms with Gasteiger partial charge in [0.05, 0.1) is 13.2 Å². The molecule has 0 radical (unpaired) electrons. The maximum absolute atomic E-state index is 11.0. The number of carbonyl (C=O) groups excluding carboxylic acids is 1. The molecule has 0 aliphatic carbocycles. The lowest BCUT2D eigenvalue weighted by Gasteiger charge is -2.06. The molecule has 0 aliphatic rings. The van der Waals surface area contributed by atoms with Crippen molar-refractivity contribution in [2.75, 3.05) is 33.5 Å². The van der Waals surface area contributed by atoms with Crippen LogP contribution in [0.4, 0.5) is 0 Å². The van der Waals surface area contributed by atoms with Gasteiger partial charge in [-0.1, -0.05) is 39.0 Å². The van der Waals surface area contributed by atoms with Crippen LogP contribution in [0, 0.1) is 0 Å². The largest absolute Gasteiger partial charge is 0.379 e. The number of rotatable bonds is 15. The molecule has 0 saturated heterocycles. The van der Waals surface area contributed by atoms with Crippen LogP contribution in [0.1, 0.15) is 64.7 Å². The molecule has 20 heavy (non-hydrogen) atoms. The zero-order chi connectivity index (χ0) is 14.9. The average molecular weight is 287 g/mol. The van der Waals surface area contributed by atoms with E-state index in [1.54, 1.807) is 7.05 Å². The molecule has 0 aromatic rings. The smallest absolute Gasteiger partial charge is 0.219 e. The zero-order valence-electron chi connectivity index (χ0n) is 13.4. The normalized spacial score (nSPS) is 10.7. The van der Waals surface area contributed by atoms with Crippen LogP contribution in [-0.2, 0) is 14.3 Å². The van der Waals surface area contributed by atoms with Crippen molar-refractivity contribution in [3.05, 3.63) is 0 Å². The van der Waals surface area contributed by atoms with Crippen molar-refractivity contribution >= 4 is 5.91 Å². The van der Waals surface area contributed by atoms with Gasteiger partial charge in [-0.2, -0.15) is 0 Å². The summed E-state index contributed by atoms with van der Waals surface area (Å²) in [5.41, 5.74) is 0. The summed E-state index contributed by atoms with van der Waals surface area (Å²) in [7, 11) is 1.68. The summed E-state index contributed by atoms with van der Waals surface area (Å²) in [5.74, 6) is 0.123. The van der Waals surface area contributed by atoms with E-state index < -0.39 is 0 Å². The van der Waals surface area contributed by atoms with Gasteiger partial charge in [-0.15, -0.1) is 0 Å². The molecule has 0 aliphatic heterocycles. The highest BCUT2D eigenvalue weighted by Crippen LogP contribution is 2.02. The predicted octanol–water partition coefficient (Wildman–Crippen LogP) is 3.30. The lowest BCUT2D eigenvalue weighted by atomic mass is 10.2. The molecule has 4 nitrogen and oxygen atoms in total. The molecule has 0 unspecified atom stereocenters. The molecule has 0 spiro atoms. The molecule has 0 atom stereocenters. The van der Waals surface area contributed by atoms with Crippen molar-refractivity contribution in [2.24, 2.45) is 0 Å². The Balaban J connectivity index is 2.97. The van der Waals surface area contributed by atoms with Gasteiger partial charge in [-0.25, -0.2) is 0 Å². The fourth-order valence-electron chi connectivity index (χ4n) is 1.92. The van der Waals surface area contributed by atoms with Crippen molar-refractivity contribution in [1.82, 2.24) is 5.32 Å². The van der Waals surface area contributed by atoms with Gasteiger partial charge in [0.2, 0.25) is 5.91 Å². The number of amides is 1. The quantitative estimate of drug-likeness (QED) is 0.470. The van der Waals surface area contributed by atoms with E-state index in [0.717, 1.165) is 32.5 Å². The monoisotopic (exact) mass is 287 g/mol. The Labute approximate surface area is 124 Å². The second-order valence-corrected chi connectivity index (χ2v) is 5.12. The van der Waals surface area contributed by atoms with Gasteiger partial charge in [0.25, 0.3) is 0 Å². The van der Waals surface area contributed by atoms with E-state index >= 15 is 0 Å². The molecular formula is C16H33NO3. The van der Waals surface area contributed by atoms with E-state index in [1.165, 1.54) is 32.1 Å². The summed E-state index contributed by atoms with van der Waals surface area (Å²) in [4.78, 5) is 11.0. The molecule has 0 rings (SSSR count). The van der Waals surface area contributed by atoms with Crippen molar-refractivity contribution < 1.29 is 14.3 Å². The Hall–Kier alpha value is -0.610. The third kappa shape index (κ3) is 15.4. The summed E-state index contributed by atoms with van der Waals surface area (Å²) < 4.78 is 11.0. The number of nitrogens with one attached hydrogen (secondary N) is 1. The van der Waals surface area contributed by atoms with E-state index in [4.69, 9.17) is 9.47 Å². The molecule has 0 aromatic heterocycles. The van der Waals surface area contributed by atoms with Crippen LogP contribution in [0.2, 0.25) is 0 Å². The Bertz CT molecular complexity index is 210. The molecule has 0 fully saturated rings. The molecule has 0 bridgehead atoms. The minimum Gasteiger partial charge on any atom is -0.379 e. The van der Waals surface area contributed by atoms with Crippen molar-refractivity contribution in [3.8, 4) is 0 Å². The van der Waals surface area contributed by atoms with Crippen LogP contribution in [0.25, 0.3) is 0 Å². The first-order valence-corrected chi connectivity index (χ1v) is 8.17. The third-order valence-corrected chi connectivity index (χ3v) is 3.24. The summed E-state index contributed by atoms with van der Waals surface area (Å²) in [6.07, 6.45) is 10.0. The van der Waals surface area contributed by atoms with Crippen LogP contribution in [0.5, 0.6) is 0 Å². The summed E-state index contributed by atoms with van der Waals surface area (Å²) in [5, 5.41) is 2.62. The summed E-state index contributed by atoms with van der Waals surface area (Å²) >= 11 is 0. The van der Waals surface area contributed by atoms with E-state index in [0.29, 0.717) is 19.6 Å². The lowest BCUT2D eigenvalue weighted by molar-refractivity contribution is -0.120. The molecule has 1 amide bonds. The standard InChI is InChI=1S/C16H33NO3/c1-3-4-5-6-9-12-19-14-15-20-13-10-7-8-11-16(18)17-2/h3-15H2,1-2H3,(H,17,18). The second-order valence-electron chi connectivity index (χ2n) is 5.12. The maximum atomic E-state index is 11.0. The molecule has 120 valence electrons. The van der Waals surface area contributed by atoms with Crippen LogP contribution in [0.15, 0.2) is 0 Å². The van der Waals surface area contributed by atoms with Crippen molar-refractivity contribution in [1.29, 1.82) is 0 Å². The van der Waals surface area contributed by atoms with Crippen LogP contribution < -0.4 is 5.32 Å². The number of carbonyl (C=O) groups is 1. The van der Waals surface area contributed by atoms with E-state index in [-0.39, 0.29) is 5.91 Å². The molecular weight excluding hydrogens is 254 g/mol. The predicted molar refractivity (Wildman–Crippen MR) is 82.9 cm³/mol. The first-order chi connectivity index (χ1) is 9.81. The number of ether oxygens (including phenoxy) is 2. The maximum Gasteiger partial charge on any atom is 0.219 e. The highest BCUT2D eigenvalue weighted by atomic mass is 16.5. The molecule has 0 aromatic carbocycles. The van der Waals surface area contributed by atoms with E-state index in [2.05, 4.69) is 12.2 Å². The minimum atomic E-state index is 0.123. The fraction of sp³-hybridized carbons (Fsp3) is 0.938. The molecule has 1 N–H and O–H groups in total. The van der Waals surface area contributed by atoms with Crippen LogP contribution in [0.3, 0.4) is 0 Å². The van der Waals surface area contributed by atoms with Crippen LogP contribution >= 0.6 is 0 Å². The zero-order valence-corrected chi connectivity index (χ0v) is 13.4. The van der Waals surface area contributed by atoms with Gasteiger partial charge < -0.3 is 14.8 Å². The Morgan fingerprint density at radius 3 is 1.90 bits per heavy atom. The van der Waals surface area contributed by atoms with Gasteiger partial charge >= 0.3 is 0 Å². The molecule has 0 heterocycles. The highest BCUT2D eigenvalue weighted by Gasteiger charge is 1.97. The second kappa shape index (κ2) is 16.4. The topological polar surface area (TPSA) is 47.6 Å². The Morgan fingerprint density at radius 1 is 0.800 bits per heavy atom. The summed E-state index contributed by atoms with van der Waals surface area (Å²) in [6, 6.07) is 0. The van der Waals surface area contributed by atoms with Gasteiger partial charge in [0.15, 0.2) is 0 Å². The van der Waals surface area contributed by atoms with Crippen molar-refractivity contribution in [3.63, 3.8) is 0 Å². The first-order valence-electron chi connectivity index (χ1n) is 8.17. The number of unbranched alkanes of at least 4 members (excludes halogenated alkanes) is 6. The average Bonchev–Trinajstić information content (AvgIpc) is 2.47. The van der Waals surface area contributed by atoms with E-state index in [9.17, 15) is 4.79 Å². The molecule has 4 heteroatoms. The van der Waals surface area contributed by atoms with Crippen molar-refractivity contribution in [2.45, 2.75) is 64.7 Å². The minimum absolute atomic E-state index is 0.123. The van der Waals surface area contributed by atoms with Gasteiger partial charge in [-0.05, 0) is 19.3 Å². The van der Waals surface area contributed by atoms with E-state index in [1.807, 2.05) is 0 Å². The SMILES string of the molecule is CCCCCCCOCCOCCCCCC(=O)NC. The highest BCUT2D eigenvalue weighted by molar-refractivity contribution is 5.75.